The summed E-state index contributed by atoms with van der Waals surface area (Å²) in [6.07, 6.45) is -1.91. The molecule has 0 bridgehead atoms. The normalized spacial score (nSPS) is 10.6. The van der Waals surface area contributed by atoms with Crippen molar-refractivity contribution in [1.29, 1.82) is 0 Å². The maximum absolute atomic E-state index is 12.7. The number of methoxy groups -OCH3 is 1. The molecule has 1 heterocycles. The Hall–Kier alpha value is -1.43. The number of esters is 1. The lowest BCUT2D eigenvalue weighted by Gasteiger charge is -2.09. The highest BCUT2D eigenvalue weighted by atomic mass is 35.5. The Kier molecular flexibility index (Phi) is 4.00. The van der Waals surface area contributed by atoms with Gasteiger partial charge in [-0.05, 0) is 5.56 Å². The average molecular weight is 252 g/mol. The Morgan fingerprint density at radius 3 is 2.69 bits per heavy atom. The molecule has 4 nitrogen and oxygen atoms in total. The van der Waals surface area contributed by atoms with E-state index in [1.807, 2.05) is 0 Å². The molecule has 1 N–H and O–H groups in total. The van der Waals surface area contributed by atoms with Gasteiger partial charge < -0.3 is 9.72 Å². The van der Waals surface area contributed by atoms with Gasteiger partial charge in [0.2, 0.25) is 0 Å². The van der Waals surface area contributed by atoms with Crippen molar-refractivity contribution in [3.05, 3.63) is 33.2 Å². The predicted molar refractivity (Wildman–Crippen MR) is 52.9 cm³/mol. The van der Waals surface area contributed by atoms with Crippen LogP contribution in [0.25, 0.3) is 0 Å². The summed E-state index contributed by atoms with van der Waals surface area (Å²) >= 11 is 5.44. The molecule has 0 amide bonds. The third-order valence-electron chi connectivity index (χ3n) is 1.97. The first kappa shape index (κ1) is 12.6. The van der Waals surface area contributed by atoms with Gasteiger partial charge in [0.1, 0.15) is 5.56 Å². The fourth-order valence-electron chi connectivity index (χ4n) is 1.25. The zero-order valence-electron chi connectivity index (χ0n) is 8.22. The van der Waals surface area contributed by atoms with Crippen LogP contribution in [0, 0.1) is 0 Å². The lowest BCUT2D eigenvalue weighted by molar-refractivity contribution is 0.0586. The summed E-state index contributed by atoms with van der Waals surface area (Å²) in [4.78, 5) is 24.6. The van der Waals surface area contributed by atoms with E-state index in [-0.39, 0.29) is 11.4 Å². The van der Waals surface area contributed by atoms with Gasteiger partial charge in [0.05, 0.1) is 7.11 Å². The summed E-state index contributed by atoms with van der Waals surface area (Å²) in [5, 5.41) is 0. The number of alkyl halides is 3. The molecule has 0 fully saturated rings. The Morgan fingerprint density at radius 2 is 2.25 bits per heavy atom. The molecule has 0 aliphatic rings. The summed E-state index contributed by atoms with van der Waals surface area (Å²) in [7, 11) is 1.00. The minimum Gasteiger partial charge on any atom is -0.465 e. The number of carbonyl (C=O) groups excluding carboxylic acids is 1. The van der Waals surface area contributed by atoms with Crippen molar-refractivity contribution in [3.63, 3.8) is 0 Å². The van der Waals surface area contributed by atoms with Crippen molar-refractivity contribution < 1.29 is 18.3 Å². The van der Waals surface area contributed by atoms with Gasteiger partial charge >= 0.3 is 5.97 Å². The molecule has 0 atom stereocenters. The van der Waals surface area contributed by atoms with Gasteiger partial charge in [-0.25, -0.2) is 13.6 Å². The highest BCUT2D eigenvalue weighted by molar-refractivity contribution is 6.17. The number of halogens is 3. The number of hydrogen-bond acceptors (Lipinski definition) is 3. The number of carbonyl (C=O) groups is 1. The number of nitrogens with one attached hydrogen (secondary N) is 1. The quantitative estimate of drug-likeness (QED) is 0.659. The second kappa shape index (κ2) is 5.07. The van der Waals surface area contributed by atoms with Crippen LogP contribution < -0.4 is 5.56 Å². The van der Waals surface area contributed by atoms with Crippen molar-refractivity contribution in [1.82, 2.24) is 4.98 Å². The second-order valence-electron chi connectivity index (χ2n) is 2.86. The monoisotopic (exact) mass is 251 g/mol. The molecular formula is C9H8ClF2NO3. The number of aromatic amines is 1. The number of aromatic nitrogens is 1. The molecule has 0 unspecified atom stereocenters. The first-order valence-electron chi connectivity index (χ1n) is 4.19. The smallest absolute Gasteiger partial charge is 0.344 e. The Balaban J connectivity index is 3.54. The molecule has 88 valence electrons. The van der Waals surface area contributed by atoms with Crippen LogP contribution in [-0.2, 0) is 10.6 Å². The highest BCUT2D eigenvalue weighted by Crippen LogP contribution is 2.25. The molecule has 0 spiro atoms. The zero-order chi connectivity index (χ0) is 12.3. The summed E-state index contributed by atoms with van der Waals surface area (Å²) in [5.74, 6) is -1.34. The molecule has 16 heavy (non-hydrogen) atoms. The number of pyridine rings is 1. The van der Waals surface area contributed by atoms with Gasteiger partial charge in [-0.15, -0.1) is 11.6 Å². The molecule has 0 radical (unpaired) electrons. The lowest BCUT2D eigenvalue weighted by atomic mass is 10.1. The van der Waals surface area contributed by atoms with E-state index in [0.29, 0.717) is 0 Å². The number of hydrogen-bond donors (Lipinski definition) is 1. The van der Waals surface area contributed by atoms with Crippen LogP contribution in [0.1, 0.15) is 27.9 Å². The molecule has 0 aromatic carbocycles. The molecule has 1 aromatic heterocycles. The Morgan fingerprint density at radius 1 is 1.62 bits per heavy atom. The van der Waals surface area contributed by atoms with E-state index < -0.39 is 29.1 Å². The third-order valence-corrected chi connectivity index (χ3v) is 2.26. The van der Waals surface area contributed by atoms with E-state index >= 15 is 0 Å². The molecule has 0 aliphatic heterocycles. The van der Waals surface area contributed by atoms with Crippen molar-refractivity contribution in [2.75, 3.05) is 7.11 Å². The molecule has 1 rings (SSSR count). The standard InChI is InChI=1S/C9H8ClF2NO3/c1-16-9(15)6-5(7(11)12)4(2-10)3-13-8(6)14/h3,7H,2H2,1H3,(H,13,14). The molecule has 0 saturated carbocycles. The van der Waals surface area contributed by atoms with Gasteiger partial charge in [0.25, 0.3) is 12.0 Å². The topological polar surface area (TPSA) is 59.2 Å². The fourth-order valence-corrected chi connectivity index (χ4v) is 1.47. The van der Waals surface area contributed by atoms with E-state index in [0.717, 1.165) is 13.3 Å². The second-order valence-corrected chi connectivity index (χ2v) is 3.12. The van der Waals surface area contributed by atoms with E-state index in [4.69, 9.17) is 11.6 Å². The van der Waals surface area contributed by atoms with Gasteiger partial charge in [-0.2, -0.15) is 0 Å². The minimum absolute atomic E-state index is 0.00309. The van der Waals surface area contributed by atoms with Crippen LogP contribution in [-0.4, -0.2) is 18.1 Å². The van der Waals surface area contributed by atoms with Gasteiger partial charge in [-0.1, -0.05) is 0 Å². The molecule has 7 heteroatoms. The van der Waals surface area contributed by atoms with Crippen molar-refractivity contribution >= 4 is 17.6 Å². The van der Waals surface area contributed by atoms with Gasteiger partial charge in [0.15, 0.2) is 0 Å². The van der Waals surface area contributed by atoms with E-state index in [1.54, 1.807) is 0 Å². The third kappa shape index (κ3) is 2.21. The lowest BCUT2D eigenvalue weighted by Crippen LogP contribution is -2.23. The Bertz CT molecular complexity index is 459. The number of H-pyrrole nitrogens is 1. The van der Waals surface area contributed by atoms with E-state index in [9.17, 15) is 18.4 Å². The summed E-state index contributed by atoms with van der Waals surface area (Å²) in [5.41, 5.74) is -2.30. The average Bonchev–Trinajstić information content (AvgIpc) is 2.27. The van der Waals surface area contributed by atoms with E-state index in [1.165, 1.54) is 0 Å². The molecule has 0 aliphatic carbocycles. The van der Waals surface area contributed by atoms with Gasteiger partial charge in [0, 0.05) is 17.6 Å². The first-order valence-corrected chi connectivity index (χ1v) is 4.73. The SMILES string of the molecule is COC(=O)c1c(C(F)F)c(CCl)c[nH]c1=O. The number of ether oxygens (including phenoxy) is 1. The van der Waals surface area contributed by atoms with Crippen molar-refractivity contribution in [2.45, 2.75) is 12.3 Å². The van der Waals surface area contributed by atoms with Crippen LogP contribution in [0.5, 0.6) is 0 Å². The molecule has 0 saturated heterocycles. The van der Waals surface area contributed by atoms with Crippen LogP contribution in [0.3, 0.4) is 0 Å². The van der Waals surface area contributed by atoms with Crippen LogP contribution in [0.2, 0.25) is 0 Å². The largest absolute Gasteiger partial charge is 0.465 e. The Labute approximate surface area is 94.2 Å². The number of rotatable bonds is 3. The van der Waals surface area contributed by atoms with E-state index in [2.05, 4.69) is 9.72 Å². The maximum atomic E-state index is 12.7. The van der Waals surface area contributed by atoms with Crippen LogP contribution >= 0.6 is 11.6 Å². The highest BCUT2D eigenvalue weighted by Gasteiger charge is 2.25. The summed E-state index contributed by atoms with van der Waals surface area (Å²) in [6.45, 7) is 0. The fraction of sp³-hybridized carbons (Fsp3) is 0.333. The van der Waals surface area contributed by atoms with Crippen molar-refractivity contribution in [2.24, 2.45) is 0 Å². The molecule has 1 aromatic rings. The summed E-state index contributed by atoms with van der Waals surface area (Å²) in [6, 6.07) is 0. The minimum atomic E-state index is -2.97. The van der Waals surface area contributed by atoms with Crippen molar-refractivity contribution in [3.8, 4) is 0 Å². The summed E-state index contributed by atoms with van der Waals surface area (Å²) < 4.78 is 29.7. The molecular weight excluding hydrogens is 244 g/mol. The van der Waals surface area contributed by atoms with Crippen LogP contribution in [0.15, 0.2) is 11.0 Å². The first-order chi connectivity index (χ1) is 7.52. The van der Waals surface area contributed by atoms with Crippen LogP contribution in [0.4, 0.5) is 8.78 Å². The zero-order valence-corrected chi connectivity index (χ0v) is 8.98. The van der Waals surface area contributed by atoms with Gasteiger partial charge in [-0.3, -0.25) is 4.79 Å². The maximum Gasteiger partial charge on any atom is 0.344 e. The predicted octanol–water partition coefficient (Wildman–Crippen LogP) is 1.84.